The van der Waals surface area contributed by atoms with Gasteiger partial charge >= 0.3 is 0 Å². The maximum Gasteiger partial charge on any atom is 0.227 e. The lowest BCUT2D eigenvalue weighted by molar-refractivity contribution is -0.135. The molecule has 0 radical (unpaired) electrons. The third kappa shape index (κ3) is 4.96. The van der Waals surface area contributed by atoms with E-state index in [1.165, 1.54) is 0 Å². The summed E-state index contributed by atoms with van der Waals surface area (Å²) in [5, 5.41) is 3.65. The summed E-state index contributed by atoms with van der Waals surface area (Å²) in [5.41, 5.74) is 1.76. The maximum absolute atomic E-state index is 12.4. The van der Waals surface area contributed by atoms with Crippen molar-refractivity contribution in [3.05, 3.63) is 28.8 Å². The molecule has 0 aliphatic carbocycles. The molecule has 2 rings (SSSR count). The van der Waals surface area contributed by atoms with Gasteiger partial charge in [-0.25, -0.2) is 0 Å². The number of hydrogen-bond acceptors (Lipinski definition) is 2. The van der Waals surface area contributed by atoms with E-state index in [1.54, 1.807) is 6.07 Å². The Morgan fingerprint density at radius 1 is 1.30 bits per heavy atom. The van der Waals surface area contributed by atoms with Crippen LogP contribution in [0.5, 0.6) is 0 Å². The van der Waals surface area contributed by atoms with Crippen molar-refractivity contribution >= 4 is 29.1 Å². The normalized spacial score (nSPS) is 15.8. The van der Waals surface area contributed by atoms with E-state index in [0.717, 1.165) is 24.1 Å². The van der Waals surface area contributed by atoms with Gasteiger partial charge in [-0.1, -0.05) is 25.4 Å². The molecule has 2 amide bonds. The van der Waals surface area contributed by atoms with Crippen LogP contribution < -0.4 is 5.32 Å². The molecule has 0 bridgehead atoms. The molecule has 23 heavy (non-hydrogen) atoms. The third-order valence-corrected chi connectivity index (χ3v) is 4.48. The number of carbonyl (C=O) groups is 2. The molecule has 0 aromatic heterocycles. The van der Waals surface area contributed by atoms with E-state index in [2.05, 4.69) is 5.32 Å². The van der Waals surface area contributed by atoms with E-state index in [1.807, 2.05) is 37.8 Å². The Labute approximate surface area is 143 Å². The Morgan fingerprint density at radius 3 is 2.52 bits per heavy atom. The van der Waals surface area contributed by atoms with Gasteiger partial charge in [-0.05, 0) is 49.4 Å². The van der Waals surface area contributed by atoms with Crippen molar-refractivity contribution in [1.82, 2.24) is 4.90 Å². The van der Waals surface area contributed by atoms with Crippen LogP contribution in [-0.4, -0.2) is 29.8 Å². The lowest BCUT2D eigenvalue weighted by atomic mass is 9.95. The topological polar surface area (TPSA) is 49.4 Å². The van der Waals surface area contributed by atoms with E-state index in [0.29, 0.717) is 30.5 Å². The van der Waals surface area contributed by atoms with Gasteiger partial charge in [0.05, 0.1) is 0 Å². The van der Waals surface area contributed by atoms with Crippen molar-refractivity contribution in [3.63, 3.8) is 0 Å². The fraction of sp³-hybridized carbons (Fsp3) is 0.556. The van der Waals surface area contributed by atoms with Crippen LogP contribution in [0, 0.1) is 18.8 Å². The molecular formula is C18H25ClN2O2. The molecule has 1 aliphatic heterocycles. The predicted octanol–water partition coefficient (Wildman–Crippen LogP) is 3.87. The Bertz CT molecular complexity index is 578. The van der Waals surface area contributed by atoms with Crippen LogP contribution in [0.4, 0.5) is 5.69 Å². The van der Waals surface area contributed by atoms with Crippen molar-refractivity contribution in [3.8, 4) is 0 Å². The first-order valence-electron chi connectivity index (χ1n) is 8.21. The smallest absolute Gasteiger partial charge is 0.227 e. The first kappa shape index (κ1) is 17.8. The number of nitrogens with zero attached hydrogens (tertiary/aromatic N) is 1. The fourth-order valence-electron chi connectivity index (χ4n) is 2.87. The molecule has 1 heterocycles. The summed E-state index contributed by atoms with van der Waals surface area (Å²) in [4.78, 5) is 26.4. The van der Waals surface area contributed by atoms with Gasteiger partial charge in [-0.3, -0.25) is 9.59 Å². The Kier molecular flexibility index (Phi) is 6.05. The van der Waals surface area contributed by atoms with E-state index in [9.17, 15) is 9.59 Å². The number of halogens is 1. The highest BCUT2D eigenvalue weighted by atomic mass is 35.5. The van der Waals surface area contributed by atoms with Gasteiger partial charge in [0.1, 0.15) is 0 Å². The Balaban J connectivity index is 1.87. The molecule has 126 valence electrons. The van der Waals surface area contributed by atoms with Crippen LogP contribution in [-0.2, 0) is 9.59 Å². The summed E-state index contributed by atoms with van der Waals surface area (Å²) in [5.74, 6) is 0.573. The summed E-state index contributed by atoms with van der Waals surface area (Å²) in [6, 6.07) is 5.44. The number of benzene rings is 1. The molecule has 1 aromatic carbocycles. The van der Waals surface area contributed by atoms with Crippen molar-refractivity contribution in [2.24, 2.45) is 11.8 Å². The van der Waals surface area contributed by atoms with Crippen LogP contribution in [0.25, 0.3) is 0 Å². The summed E-state index contributed by atoms with van der Waals surface area (Å²) >= 11 is 5.93. The number of amides is 2. The zero-order chi connectivity index (χ0) is 17.0. The average Bonchev–Trinajstić information content (AvgIpc) is 2.49. The van der Waals surface area contributed by atoms with Crippen LogP contribution in [0.3, 0.4) is 0 Å². The Morgan fingerprint density at radius 2 is 1.96 bits per heavy atom. The number of anilines is 1. The fourth-order valence-corrected chi connectivity index (χ4v) is 3.10. The standard InChI is InChI=1S/C18H25ClN2O2/c1-12(2)10-17(22)21-8-6-14(7-9-21)18(23)20-16-5-4-15(19)11-13(16)3/h4-5,11-12,14H,6-10H2,1-3H3,(H,20,23). The number of piperidine rings is 1. The van der Waals surface area contributed by atoms with Crippen molar-refractivity contribution < 1.29 is 9.59 Å². The minimum atomic E-state index is -0.0341. The molecule has 5 heteroatoms. The van der Waals surface area contributed by atoms with Crippen molar-refractivity contribution in [2.75, 3.05) is 18.4 Å². The first-order valence-corrected chi connectivity index (χ1v) is 8.59. The molecule has 0 spiro atoms. The second-order valence-corrected chi connectivity index (χ2v) is 7.14. The van der Waals surface area contributed by atoms with Crippen LogP contribution in [0.2, 0.25) is 5.02 Å². The van der Waals surface area contributed by atoms with Crippen molar-refractivity contribution in [2.45, 2.75) is 40.0 Å². The number of likely N-dealkylation sites (tertiary alicyclic amines) is 1. The summed E-state index contributed by atoms with van der Waals surface area (Å²) in [6.07, 6.45) is 2.03. The Hall–Kier alpha value is -1.55. The van der Waals surface area contributed by atoms with Crippen LogP contribution in [0.1, 0.15) is 38.7 Å². The van der Waals surface area contributed by atoms with E-state index < -0.39 is 0 Å². The highest BCUT2D eigenvalue weighted by molar-refractivity contribution is 6.30. The van der Waals surface area contributed by atoms with Gasteiger partial charge in [-0.15, -0.1) is 0 Å². The molecule has 0 atom stereocenters. The number of carbonyl (C=O) groups excluding carboxylic acids is 2. The van der Waals surface area contributed by atoms with Gasteiger partial charge < -0.3 is 10.2 Å². The van der Waals surface area contributed by atoms with Crippen molar-refractivity contribution in [1.29, 1.82) is 0 Å². The molecule has 1 aliphatic rings. The average molecular weight is 337 g/mol. The number of aryl methyl sites for hydroxylation is 1. The predicted molar refractivity (Wildman–Crippen MR) is 93.6 cm³/mol. The van der Waals surface area contributed by atoms with Gasteiger partial charge in [-0.2, -0.15) is 0 Å². The van der Waals surface area contributed by atoms with Gasteiger partial charge in [0, 0.05) is 36.1 Å². The summed E-state index contributed by atoms with van der Waals surface area (Å²) < 4.78 is 0. The van der Waals surface area contributed by atoms with Gasteiger partial charge in [0.2, 0.25) is 11.8 Å². The van der Waals surface area contributed by atoms with E-state index in [4.69, 9.17) is 11.6 Å². The SMILES string of the molecule is Cc1cc(Cl)ccc1NC(=O)C1CCN(C(=O)CC(C)C)CC1. The lowest BCUT2D eigenvalue weighted by Crippen LogP contribution is -2.41. The minimum absolute atomic E-state index is 0.0337. The molecule has 1 saturated heterocycles. The quantitative estimate of drug-likeness (QED) is 0.907. The molecule has 1 N–H and O–H groups in total. The van der Waals surface area contributed by atoms with Crippen LogP contribution in [0.15, 0.2) is 18.2 Å². The highest BCUT2D eigenvalue weighted by Gasteiger charge is 2.27. The minimum Gasteiger partial charge on any atom is -0.343 e. The van der Waals surface area contributed by atoms with Crippen LogP contribution >= 0.6 is 11.6 Å². The molecule has 0 unspecified atom stereocenters. The molecule has 0 saturated carbocycles. The first-order chi connectivity index (χ1) is 10.9. The molecule has 1 fully saturated rings. The second kappa shape index (κ2) is 7.82. The molecule has 4 nitrogen and oxygen atoms in total. The monoisotopic (exact) mass is 336 g/mol. The molecule has 1 aromatic rings. The highest BCUT2D eigenvalue weighted by Crippen LogP contribution is 2.23. The van der Waals surface area contributed by atoms with E-state index >= 15 is 0 Å². The molecular weight excluding hydrogens is 312 g/mol. The second-order valence-electron chi connectivity index (χ2n) is 6.70. The van der Waals surface area contributed by atoms with E-state index in [-0.39, 0.29) is 17.7 Å². The lowest BCUT2D eigenvalue weighted by Gasteiger charge is -2.32. The maximum atomic E-state index is 12.4. The number of nitrogens with one attached hydrogen (secondary N) is 1. The third-order valence-electron chi connectivity index (χ3n) is 4.25. The zero-order valence-corrected chi connectivity index (χ0v) is 14.8. The number of rotatable bonds is 4. The number of hydrogen-bond donors (Lipinski definition) is 1. The van der Waals surface area contributed by atoms with Gasteiger partial charge in [0.15, 0.2) is 0 Å². The summed E-state index contributed by atoms with van der Waals surface area (Å²) in [6.45, 7) is 7.36. The largest absolute Gasteiger partial charge is 0.343 e. The summed E-state index contributed by atoms with van der Waals surface area (Å²) in [7, 11) is 0. The van der Waals surface area contributed by atoms with Gasteiger partial charge in [0.25, 0.3) is 0 Å². The zero-order valence-electron chi connectivity index (χ0n) is 14.1.